The maximum Gasteiger partial charge on any atom is 0.305 e. The molecular formula is C18H19O4P. The number of ether oxygens (including phenoxy) is 2. The molecule has 0 saturated heterocycles. The second-order valence-corrected chi connectivity index (χ2v) is 7.18. The Morgan fingerprint density at radius 2 is 1.22 bits per heavy atom. The molecule has 2 aromatic carbocycles. The van der Waals surface area contributed by atoms with Crippen LogP contribution in [-0.4, -0.2) is 24.4 Å². The van der Waals surface area contributed by atoms with E-state index in [0.29, 0.717) is 6.16 Å². The molecule has 0 unspecified atom stereocenters. The van der Waals surface area contributed by atoms with E-state index in [2.05, 4.69) is 0 Å². The SMILES string of the molecule is CC(=O)OC(CP(c1ccccc1)c1ccccc1)OC(C)=O. The van der Waals surface area contributed by atoms with Crippen molar-refractivity contribution in [2.45, 2.75) is 20.1 Å². The van der Waals surface area contributed by atoms with Crippen LogP contribution < -0.4 is 10.6 Å². The molecule has 5 heteroatoms. The van der Waals surface area contributed by atoms with Crippen molar-refractivity contribution in [1.29, 1.82) is 0 Å². The van der Waals surface area contributed by atoms with Crippen molar-refractivity contribution in [3.63, 3.8) is 0 Å². The Hall–Kier alpha value is -2.19. The first kappa shape index (κ1) is 17.2. The highest BCUT2D eigenvalue weighted by Crippen LogP contribution is 2.35. The Labute approximate surface area is 137 Å². The number of hydrogen-bond acceptors (Lipinski definition) is 4. The predicted octanol–water partition coefficient (Wildman–Crippen LogP) is 2.57. The van der Waals surface area contributed by atoms with Crippen LogP contribution in [0.2, 0.25) is 0 Å². The number of carbonyl (C=O) groups is 2. The first-order chi connectivity index (χ1) is 11.1. The van der Waals surface area contributed by atoms with Crippen molar-refractivity contribution >= 4 is 30.5 Å². The van der Waals surface area contributed by atoms with Gasteiger partial charge in [0.1, 0.15) is 0 Å². The van der Waals surface area contributed by atoms with Gasteiger partial charge in [-0.3, -0.25) is 9.59 Å². The van der Waals surface area contributed by atoms with Crippen LogP contribution in [0, 0.1) is 0 Å². The van der Waals surface area contributed by atoms with Gasteiger partial charge in [0.15, 0.2) is 0 Å². The molecule has 0 aliphatic heterocycles. The summed E-state index contributed by atoms with van der Waals surface area (Å²) < 4.78 is 10.3. The molecule has 0 fully saturated rings. The third-order valence-electron chi connectivity index (χ3n) is 3.06. The van der Waals surface area contributed by atoms with Gasteiger partial charge in [-0.1, -0.05) is 60.7 Å². The number of rotatable bonds is 6. The lowest BCUT2D eigenvalue weighted by atomic mass is 10.4. The van der Waals surface area contributed by atoms with Crippen LogP contribution in [0.3, 0.4) is 0 Å². The van der Waals surface area contributed by atoms with Crippen LogP contribution in [0.5, 0.6) is 0 Å². The molecular weight excluding hydrogens is 311 g/mol. The Bertz CT molecular complexity index is 587. The van der Waals surface area contributed by atoms with Crippen molar-refractivity contribution in [2.24, 2.45) is 0 Å². The molecule has 120 valence electrons. The molecule has 0 N–H and O–H groups in total. The molecule has 4 nitrogen and oxygen atoms in total. The minimum absolute atomic E-state index is 0.433. The number of esters is 2. The van der Waals surface area contributed by atoms with Crippen molar-refractivity contribution in [1.82, 2.24) is 0 Å². The van der Waals surface area contributed by atoms with Crippen LogP contribution in [-0.2, 0) is 19.1 Å². The highest BCUT2D eigenvalue weighted by molar-refractivity contribution is 7.73. The molecule has 0 aliphatic carbocycles. The summed E-state index contributed by atoms with van der Waals surface area (Å²) in [4.78, 5) is 22.6. The van der Waals surface area contributed by atoms with Crippen LogP contribution in [0.4, 0.5) is 0 Å². The molecule has 0 amide bonds. The first-order valence-electron chi connectivity index (χ1n) is 7.28. The molecule has 0 saturated carbocycles. The zero-order valence-corrected chi connectivity index (χ0v) is 14.0. The summed E-state index contributed by atoms with van der Waals surface area (Å²) in [5, 5.41) is 2.27. The fourth-order valence-electron chi connectivity index (χ4n) is 2.19. The van der Waals surface area contributed by atoms with E-state index >= 15 is 0 Å². The zero-order chi connectivity index (χ0) is 16.7. The highest BCUT2D eigenvalue weighted by atomic mass is 31.1. The second-order valence-electron chi connectivity index (χ2n) is 4.93. The van der Waals surface area contributed by atoms with E-state index in [9.17, 15) is 9.59 Å². The molecule has 0 aliphatic rings. The predicted molar refractivity (Wildman–Crippen MR) is 91.3 cm³/mol. The molecule has 0 radical (unpaired) electrons. The molecule has 0 atom stereocenters. The normalized spacial score (nSPS) is 10.6. The largest absolute Gasteiger partial charge is 0.425 e. The standard InChI is InChI=1S/C18H19O4P/c1-14(19)21-18(22-15(2)20)13-23(16-9-5-3-6-10-16)17-11-7-4-8-12-17/h3-12,18H,13H2,1-2H3. The highest BCUT2D eigenvalue weighted by Gasteiger charge is 2.23. The Morgan fingerprint density at radius 1 is 0.826 bits per heavy atom. The summed E-state index contributed by atoms with van der Waals surface area (Å²) in [6.07, 6.45) is -0.445. The Morgan fingerprint density at radius 3 is 1.57 bits per heavy atom. The lowest BCUT2D eigenvalue weighted by Crippen LogP contribution is -2.29. The summed E-state index contributed by atoms with van der Waals surface area (Å²) in [7, 11) is -0.806. The van der Waals surface area contributed by atoms with Gasteiger partial charge in [-0.15, -0.1) is 0 Å². The number of benzene rings is 2. The summed E-state index contributed by atoms with van der Waals surface area (Å²) >= 11 is 0. The summed E-state index contributed by atoms with van der Waals surface area (Å²) in [5.74, 6) is -0.931. The Kier molecular flexibility index (Phi) is 6.30. The van der Waals surface area contributed by atoms with Gasteiger partial charge >= 0.3 is 11.9 Å². The summed E-state index contributed by atoms with van der Waals surface area (Å²) in [6.45, 7) is 2.62. The Balaban J connectivity index is 2.29. The van der Waals surface area contributed by atoms with Crippen molar-refractivity contribution in [2.75, 3.05) is 6.16 Å². The fourth-order valence-corrected chi connectivity index (χ4v) is 4.42. The monoisotopic (exact) mass is 330 g/mol. The lowest BCUT2D eigenvalue weighted by molar-refractivity contribution is -0.180. The summed E-state index contributed by atoms with van der Waals surface area (Å²) in [5.41, 5.74) is 0. The summed E-state index contributed by atoms with van der Waals surface area (Å²) in [6, 6.07) is 20.0. The van der Waals surface area contributed by atoms with Crippen molar-refractivity contribution in [3.05, 3.63) is 60.7 Å². The molecule has 0 spiro atoms. The average molecular weight is 330 g/mol. The van der Waals surface area contributed by atoms with E-state index < -0.39 is 26.2 Å². The van der Waals surface area contributed by atoms with Gasteiger partial charge in [0, 0.05) is 13.8 Å². The van der Waals surface area contributed by atoms with Gasteiger partial charge in [-0.25, -0.2) is 0 Å². The maximum atomic E-state index is 11.3. The van der Waals surface area contributed by atoms with E-state index in [-0.39, 0.29) is 0 Å². The molecule has 0 bridgehead atoms. The van der Waals surface area contributed by atoms with Crippen LogP contribution >= 0.6 is 7.92 Å². The van der Waals surface area contributed by atoms with Crippen LogP contribution in [0.25, 0.3) is 0 Å². The van der Waals surface area contributed by atoms with E-state index in [1.165, 1.54) is 13.8 Å². The van der Waals surface area contributed by atoms with E-state index in [4.69, 9.17) is 9.47 Å². The van der Waals surface area contributed by atoms with Gasteiger partial charge in [-0.2, -0.15) is 0 Å². The van der Waals surface area contributed by atoms with Gasteiger partial charge in [0.25, 0.3) is 6.29 Å². The molecule has 2 aromatic rings. The van der Waals surface area contributed by atoms with E-state index in [0.717, 1.165) is 10.6 Å². The third-order valence-corrected chi connectivity index (χ3v) is 5.57. The quantitative estimate of drug-likeness (QED) is 0.464. The van der Waals surface area contributed by atoms with E-state index in [1.54, 1.807) is 0 Å². The van der Waals surface area contributed by atoms with Crippen molar-refractivity contribution in [3.8, 4) is 0 Å². The average Bonchev–Trinajstić information content (AvgIpc) is 2.53. The van der Waals surface area contributed by atoms with Crippen LogP contribution in [0.15, 0.2) is 60.7 Å². The maximum absolute atomic E-state index is 11.3. The smallest absolute Gasteiger partial charge is 0.305 e. The number of hydrogen-bond donors (Lipinski definition) is 0. The second kappa shape index (κ2) is 8.44. The third kappa shape index (κ3) is 5.50. The minimum atomic E-state index is -0.878. The minimum Gasteiger partial charge on any atom is -0.425 e. The molecule has 0 heterocycles. The van der Waals surface area contributed by atoms with Gasteiger partial charge in [-0.05, 0) is 18.5 Å². The lowest BCUT2D eigenvalue weighted by Gasteiger charge is -2.24. The zero-order valence-electron chi connectivity index (χ0n) is 13.1. The molecule has 0 aromatic heterocycles. The van der Waals surface area contributed by atoms with Crippen molar-refractivity contribution < 1.29 is 19.1 Å². The van der Waals surface area contributed by atoms with Crippen LogP contribution in [0.1, 0.15) is 13.8 Å². The molecule has 2 rings (SSSR count). The van der Waals surface area contributed by atoms with Gasteiger partial charge < -0.3 is 9.47 Å². The van der Waals surface area contributed by atoms with Gasteiger partial charge in [0.2, 0.25) is 0 Å². The van der Waals surface area contributed by atoms with E-state index in [1.807, 2.05) is 60.7 Å². The fraction of sp³-hybridized carbons (Fsp3) is 0.222. The molecule has 23 heavy (non-hydrogen) atoms. The number of carbonyl (C=O) groups excluding carboxylic acids is 2. The first-order valence-corrected chi connectivity index (χ1v) is 8.81. The van der Waals surface area contributed by atoms with Gasteiger partial charge in [0.05, 0.1) is 6.16 Å². The topological polar surface area (TPSA) is 52.6 Å².